The van der Waals surface area contributed by atoms with Gasteiger partial charge in [0.05, 0.1) is 18.8 Å². The number of carbonyl (C=O) groups is 3. The average Bonchev–Trinajstić information content (AvgIpc) is 2.86. The van der Waals surface area contributed by atoms with E-state index >= 15 is 0 Å². The lowest BCUT2D eigenvalue weighted by Crippen LogP contribution is -2.52. The first-order valence-electron chi connectivity index (χ1n) is 10.8. The van der Waals surface area contributed by atoms with Crippen molar-refractivity contribution >= 4 is 17.8 Å². The van der Waals surface area contributed by atoms with E-state index < -0.39 is 17.5 Å². The van der Waals surface area contributed by atoms with Gasteiger partial charge in [0.2, 0.25) is 0 Å². The van der Waals surface area contributed by atoms with Crippen LogP contribution in [0, 0.1) is 5.92 Å². The standard InChI is InChI=1S/C20H35N5O4/c1-5-20(4)18(27)25(19(28)21-20)22-17(26)13-23-8-6-16(7-9-23)12-24-10-14(2)29-15(3)11-24/h14-16H,5-13H2,1-4H3,(H,21,28)(H,22,26). The van der Waals surface area contributed by atoms with E-state index in [0.29, 0.717) is 12.3 Å². The first kappa shape index (κ1) is 22.0. The fraction of sp³-hybridized carbons (Fsp3) is 0.850. The molecule has 0 radical (unpaired) electrons. The lowest BCUT2D eigenvalue weighted by atomic mass is 9.95. The molecule has 3 fully saturated rings. The predicted octanol–water partition coefficient (Wildman–Crippen LogP) is 0.559. The minimum absolute atomic E-state index is 0.193. The van der Waals surface area contributed by atoms with E-state index in [-0.39, 0.29) is 24.7 Å². The number of hydrogen-bond acceptors (Lipinski definition) is 6. The largest absolute Gasteiger partial charge is 0.373 e. The number of hydrogen-bond donors (Lipinski definition) is 2. The number of rotatable bonds is 6. The fourth-order valence-corrected chi connectivity index (χ4v) is 4.51. The van der Waals surface area contributed by atoms with Crippen molar-refractivity contribution < 1.29 is 19.1 Å². The summed E-state index contributed by atoms with van der Waals surface area (Å²) in [5, 5.41) is 3.45. The fourth-order valence-electron chi connectivity index (χ4n) is 4.51. The summed E-state index contributed by atoms with van der Waals surface area (Å²) in [6.45, 7) is 12.7. The van der Waals surface area contributed by atoms with Gasteiger partial charge in [-0.2, -0.15) is 5.01 Å². The normalized spacial score (nSPS) is 32.5. The Morgan fingerprint density at radius 1 is 1.17 bits per heavy atom. The van der Waals surface area contributed by atoms with Crippen LogP contribution in [-0.2, 0) is 14.3 Å². The molecule has 9 nitrogen and oxygen atoms in total. The zero-order chi connectivity index (χ0) is 21.2. The number of amides is 4. The minimum atomic E-state index is -0.947. The highest BCUT2D eigenvalue weighted by Crippen LogP contribution is 2.21. The second kappa shape index (κ2) is 8.97. The second-order valence-corrected chi connectivity index (χ2v) is 8.99. The third kappa shape index (κ3) is 5.26. The Hall–Kier alpha value is -1.71. The molecule has 3 unspecified atom stereocenters. The summed E-state index contributed by atoms with van der Waals surface area (Å²) < 4.78 is 5.81. The van der Waals surface area contributed by atoms with Crippen LogP contribution in [0.4, 0.5) is 4.79 Å². The molecule has 0 saturated carbocycles. The molecule has 3 aliphatic rings. The third-order valence-corrected chi connectivity index (χ3v) is 6.29. The van der Waals surface area contributed by atoms with Gasteiger partial charge in [0, 0.05) is 19.6 Å². The van der Waals surface area contributed by atoms with Gasteiger partial charge in [0.15, 0.2) is 0 Å². The van der Waals surface area contributed by atoms with Crippen molar-refractivity contribution in [2.24, 2.45) is 5.92 Å². The first-order chi connectivity index (χ1) is 13.7. The molecule has 0 bridgehead atoms. The van der Waals surface area contributed by atoms with Gasteiger partial charge < -0.3 is 10.1 Å². The molecular weight excluding hydrogens is 374 g/mol. The van der Waals surface area contributed by atoms with Crippen LogP contribution in [0.25, 0.3) is 0 Å². The molecule has 9 heteroatoms. The van der Waals surface area contributed by atoms with Crippen LogP contribution in [0.5, 0.6) is 0 Å². The Balaban J connectivity index is 1.41. The summed E-state index contributed by atoms with van der Waals surface area (Å²) in [5.41, 5.74) is 1.52. The molecule has 164 valence electrons. The van der Waals surface area contributed by atoms with Gasteiger partial charge >= 0.3 is 6.03 Å². The minimum Gasteiger partial charge on any atom is -0.373 e. The number of imide groups is 1. The van der Waals surface area contributed by atoms with Gasteiger partial charge in [-0.3, -0.25) is 24.8 Å². The number of piperidine rings is 1. The lowest BCUT2D eigenvalue weighted by Gasteiger charge is -2.39. The zero-order valence-electron chi connectivity index (χ0n) is 18.1. The van der Waals surface area contributed by atoms with Gasteiger partial charge in [-0.1, -0.05) is 6.92 Å². The van der Waals surface area contributed by atoms with Crippen LogP contribution in [-0.4, -0.2) is 89.7 Å². The number of carbonyl (C=O) groups excluding carboxylic acids is 3. The number of morpholine rings is 1. The molecule has 3 aliphatic heterocycles. The average molecular weight is 410 g/mol. The van der Waals surface area contributed by atoms with Crippen LogP contribution in [0.2, 0.25) is 0 Å². The maximum absolute atomic E-state index is 12.4. The maximum Gasteiger partial charge on any atom is 0.344 e. The molecule has 29 heavy (non-hydrogen) atoms. The van der Waals surface area contributed by atoms with Crippen LogP contribution < -0.4 is 10.7 Å². The number of nitrogens with one attached hydrogen (secondary N) is 2. The number of nitrogens with zero attached hydrogens (tertiary/aromatic N) is 3. The van der Waals surface area contributed by atoms with E-state index in [1.807, 2.05) is 6.92 Å². The Morgan fingerprint density at radius 2 is 1.79 bits per heavy atom. The molecule has 0 aliphatic carbocycles. The number of urea groups is 1. The summed E-state index contributed by atoms with van der Waals surface area (Å²) in [5.74, 6) is -0.114. The Morgan fingerprint density at radius 3 is 2.34 bits per heavy atom. The van der Waals surface area contributed by atoms with Crippen molar-refractivity contribution in [3.05, 3.63) is 0 Å². The van der Waals surface area contributed by atoms with Crippen molar-refractivity contribution in [3.8, 4) is 0 Å². The Bertz CT molecular complexity index is 626. The molecule has 3 atom stereocenters. The summed E-state index contributed by atoms with van der Waals surface area (Å²) in [6, 6.07) is -0.569. The Kier molecular flexibility index (Phi) is 6.80. The zero-order valence-corrected chi connectivity index (χ0v) is 18.1. The molecule has 2 N–H and O–H groups in total. The van der Waals surface area contributed by atoms with Gasteiger partial charge in [-0.25, -0.2) is 4.79 Å². The van der Waals surface area contributed by atoms with Crippen LogP contribution in [0.1, 0.15) is 47.0 Å². The van der Waals surface area contributed by atoms with Crippen LogP contribution in [0.3, 0.4) is 0 Å². The van der Waals surface area contributed by atoms with Crippen LogP contribution in [0.15, 0.2) is 0 Å². The van der Waals surface area contributed by atoms with E-state index in [0.717, 1.165) is 50.6 Å². The molecule has 4 amide bonds. The highest BCUT2D eigenvalue weighted by atomic mass is 16.5. The number of hydrazine groups is 1. The first-order valence-corrected chi connectivity index (χ1v) is 10.8. The van der Waals surface area contributed by atoms with E-state index in [9.17, 15) is 14.4 Å². The molecule has 3 saturated heterocycles. The monoisotopic (exact) mass is 409 g/mol. The summed E-state index contributed by atoms with van der Waals surface area (Å²) in [6.07, 6.45) is 3.12. The smallest absolute Gasteiger partial charge is 0.344 e. The lowest BCUT2D eigenvalue weighted by molar-refractivity contribution is -0.139. The molecule has 3 heterocycles. The van der Waals surface area contributed by atoms with Gasteiger partial charge in [0.25, 0.3) is 11.8 Å². The quantitative estimate of drug-likeness (QED) is 0.623. The third-order valence-electron chi connectivity index (χ3n) is 6.29. The van der Waals surface area contributed by atoms with Crippen molar-refractivity contribution in [1.82, 2.24) is 25.6 Å². The highest BCUT2D eigenvalue weighted by Gasteiger charge is 2.47. The molecule has 0 aromatic rings. The van der Waals surface area contributed by atoms with E-state index in [1.165, 1.54) is 0 Å². The SMILES string of the molecule is CCC1(C)NC(=O)N(NC(=O)CN2CCC(CN3CC(C)OC(C)C3)CC2)C1=O. The maximum atomic E-state index is 12.4. The van der Waals surface area contributed by atoms with Crippen LogP contribution >= 0.6 is 0 Å². The Labute approximate surface area is 173 Å². The van der Waals surface area contributed by atoms with Crippen molar-refractivity contribution in [2.45, 2.75) is 64.7 Å². The van der Waals surface area contributed by atoms with E-state index in [4.69, 9.17) is 4.74 Å². The molecule has 0 aromatic heterocycles. The summed E-state index contributed by atoms with van der Waals surface area (Å²) in [4.78, 5) is 41.4. The number of likely N-dealkylation sites (tertiary alicyclic amines) is 1. The summed E-state index contributed by atoms with van der Waals surface area (Å²) in [7, 11) is 0. The highest BCUT2D eigenvalue weighted by molar-refractivity contribution is 6.07. The molecular formula is C20H35N5O4. The van der Waals surface area contributed by atoms with Crippen molar-refractivity contribution in [2.75, 3.05) is 39.3 Å². The molecule has 0 aromatic carbocycles. The van der Waals surface area contributed by atoms with Gasteiger partial charge in [-0.05, 0) is 59.0 Å². The van der Waals surface area contributed by atoms with Gasteiger partial charge in [0.1, 0.15) is 5.54 Å². The van der Waals surface area contributed by atoms with E-state index in [2.05, 4.69) is 34.4 Å². The summed E-state index contributed by atoms with van der Waals surface area (Å²) >= 11 is 0. The van der Waals surface area contributed by atoms with Crippen molar-refractivity contribution in [1.29, 1.82) is 0 Å². The molecule has 0 spiro atoms. The van der Waals surface area contributed by atoms with E-state index in [1.54, 1.807) is 6.92 Å². The second-order valence-electron chi connectivity index (χ2n) is 8.99. The predicted molar refractivity (Wildman–Crippen MR) is 108 cm³/mol. The van der Waals surface area contributed by atoms with Gasteiger partial charge in [-0.15, -0.1) is 0 Å². The number of ether oxygens (including phenoxy) is 1. The topological polar surface area (TPSA) is 94.2 Å². The van der Waals surface area contributed by atoms with Crippen molar-refractivity contribution in [3.63, 3.8) is 0 Å². The molecule has 3 rings (SSSR count).